The van der Waals surface area contributed by atoms with Crippen LogP contribution in [-0.4, -0.2) is 11.0 Å². The Morgan fingerprint density at radius 1 is 1.30 bits per heavy atom. The molecule has 0 spiro atoms. The number of aromatic hydroxyl groups is 1. The Bertz CT molecular complexity index is 644. The summed E-state index contributed by atoms with van der Waals surface area (Å²) in [7, 11) is 0. The molecule has 0 saturated carbocycles. The fourth-order valence-corrected chi connectivity index (χ4v) is 2.03. The quantitative estimate of drug-likeness (QED) is 0.838. The standard InChI is InChI=1S/C15H13ClFNO2/c1-9(16)11-4-2-3-5-13(11)18-15(20)12-7-6-10(17)8-14(12)19/h2-9,19H,1H3,(H,18,20). The molecule has 1 atom stereocenters. The number of para-hydroxylation sites is 1. The highest BCUT2D eigenvalue weighted by molar-refractivity contribution is 6.21. The van der Waals surface area contributed by atoms with Crippen LogP contribution in [0, 0.1) is 5.82 Å². The molecule has 2 aromatic carbocycles. The van der Waals surface area contributed by atoms with Gasteiger partial charge < -0.3 is 10.4 Å². The van der Waals surface area contributed by atoms with Gasteiger partial charge in [0.2, 0.25) is 0 Å². The Morgan fingerprint density at radius 3 is 2.65 bits per heavy atom. The van der Waals surface area contributed by atoms with Crippen molar-refractivity contribution >= 4 is 23.2 Å². The van der Waals surface area contributed by atoms with Gasteiger partial charge in [0, 0.05) is 11.8 Å². The number of rotatable bonds is 3. The first-order chi connectivity index (χ1) is 9.49. The fourth-order valence-electron chi connectivity index (χ4n) is 1.84. The molecule has 2 rings (SSSR count). The van der Waals surface area contributed by atoms with Gasteiger partial charge in [0.05, 0.1) is 10.9 Å². The molecule has 1 amide bonds. The Hall–Kier alpha value is -2.07. The summed E-state index contributed by atoms with van der Waals surface area (Å²) in [6, 6.07) is 10.3. The summed E-state index contributed by atoms with van der Waals surface area (Å²) in [6.07, 6.45) is 0. The molecular formula is C15H13ClFNO2. The molecule has 2 N–H and O–H groups in total. The number of benzene rings is 2. The van der Waals surface area contributed by atoms with Crippen LogP contribution >= 0.6 is 11.6 Å². The van der Waals surface area contributed by atoms with E-state index in [0.29, 0.717) is 5.69 Å². The van der Waals surface area contributed by atoms with Crippen LogP contribution in [0.4, 0.5) is 10.1 Å². The second-order valence-corrected chi connectivity index (χ2v) is 4.97. The molecule has 0 aliphatic rings. The number of nitrogens with one attached hydrogen (secondary N) is 1. The first kappa shape index (κ1) is 14.3. The van der Waals surface area contributed by atoms with Gasteiger partial charge in [0.25, 0.3) is 5.91 Å². The number of halogens is 2. The molecule has 3 nitrogen and oxygen atoms in total. The van der Waals surface area contributed by atoms with Crippen molar-refractivity contribution in [2.45, 2.75) is 12.3 Å². The average molecular weight is 294 g/mol. The zero-order valence-corrected chi connectivity index (χ0v) is 11.5. The van der Waals surface area contributed by atoms with E-state index in [-0.39, 0.29) is 10.9 Å². The molecule has 0 aliphatic heterocycles. The van der Waals surface area contributed by atoms with Crippen LogP contribution in [0.1, 0.15) is 28.2 Å². The van der Waals surface area contributed by atoms with E-state index in [1.54, 1.807) is 25.1 Å². The fraction of sp³-hybridized carbons (Fsp3) is 0.133. The van der Waals surface area contributed by atoms with Gasteiger partial charge in [-0.3, -0.25) is 4.79 Å². The lowest BCUT2D eigenvalue weighted by Gasteiger charge is -2.13. The van der Waals surface area contributed by atoms with Gasteiger partial charge in [-0.05, 0) is 30.7 Å². The summed E-state index contributed by atoms with van der Waals surface area (Å²) >= 11 is 6.04. The van der Waals surface area contributed by atoms with E-state index < -0.39 is 17.5 Å². The first-order valence-corrected chi connectivity index (χ1v) is 6.45. The monoisotopic (exact) mass is 293 g/mol. The van der Waals surface area contributed by atoms with Gasteiger partial charge in [-0.15, -0.1) is 11.6 Å². The molecule has 20 heavy (non-hydrogen) atoms. The Labute approximate surface area is 121 Å². The lowest BCUT2D eigenvalue weighted by Crippen LogP contribution is -2.13. The minimum absolute atomic E-state index is 0.00317. The Balaban J connectivity index is 2.28. The smallest absolute Gasteiger partial charge is 0.259 e. The highest BCUT2D eigenvalue weighted by atomic mass is 35.5. The maximum absolute atomic E-state index is 12.9. The van der Waals surface area contributed by atoms with Crippen LogP contribution in [0.5, 0.6) is 5.75 Å². The molecule has 5 heteroatoms. The molecule has 0 aliphatic carbocycles. The van der Waals surface area contributed by atoms with E-state index in [9.17, 15) is 14.3 Å². The zero-order chi connectivity index (χ0) is 14.7. The third-order valence-electron chi connectivity index (χ3n) is 2.84. The van der Waals surface area contributed by atoms with Crippen LogP contribution in [0.2, 0.25) is 0 Å². The number of hydrogen-bond acceptors (Lipinski definition) is 2. The number of amides is 1. The van der Waals surface area contributed by atoms with E-state index in [0.717, 1.165) is 17.7 Å². The van der Waals surface area contributed by atoms with Gasteiger partial charge >= 0.3 is 0 Å². The van der Waals surface area contributed by atoms with Crippen molar-refractivity contribution in [1.29, 1.82) is 0 Å². The topological polar surface area (TPSA) is 49.3 Å². The van der Waals surface area contributed by atoms with Crippen molar-refractivity contribution < 1.29 is 14.3 Å². The van der Waals surface area contributed by atoms with Crippen molar-refractivity contribution in [3.05, 3.63) is 59.4 Å². The lowest BCUT2D eigenvalue weighted by atomic mass is 10.1. The van der Waals surface area contributed by atoms with Gasteiger partial charge in [-0.2, -0.15) is 0 Å². The average Bonchev–Trinajstić information content (AvgIpc) is 2.38. The zero-order valence-electron chi connectivity index (χ0n) is 10.7. The third kappa shape index (κ3) is 3.08. The minimum atomic E-state index is -0.603. The summed E-state index contributed by atoms with van der Waals surface area (Å²) in [5.74, 6) is -1.53. The molecule has 0 bridgehead atoms. The van der Waals surface area contributed by atoms with Crippen LogP contribution in [0.25, 0.3) is 0 Å². The molecule has 0 aromatic heterocycles. The largest absolute Gasteiger partial charge is 0.507 e. The Kier molecular flexibility index (Phi) is 4.25. The van der Waals surface area contributed by atoms with Crippen LogP contribution in [-0.2, 0) is 0 Å². The summed E-state index contributed by atoms with van der Waals surface area (Å²) in [5, 5.41) is 12.0. The molecule has 0 fully saturated rings. The normalized spacial score (nSPS) is 11.9. The van der Waals surface area contributed by atoms with Crippen molar-refractivity contribution in [3.63, 3.8) is 0 Å². The van der Waals surface area contributed by atoms with Crippen molar-refractivity contribution in [3.8, 4) is 5.75 Å². The van der Waals surface area contributed by atoms with Gasteiger partial charge in [0.15, 0.2) is 0 Å². The first-order valence-electron chi connectivity index (χ1n) is 6.02. The molecule has 2 aromatic rings. The number of carbonyl (C=O) groups is 1. The summed E-state index contributed by atoms with van der Waals surface area (Å²) in [5.41, 5.74) is 1.33. The SMILES string of the molecule is CC(Cl)c1ccccc1NC(=O)c1ccc(F)cc1O. The van der Waals surface area contributed by atoms with E-state index in [1.165, 1.54) is 6.07 Å². The minimum Gasteiger partial charge on any atom is -0.507 e. The second-order valence-electron chi connectivity index (χ2n) is 4.32. The molecular weight excluding hydrogens is 281 g/mol. The number of alkyl halides is 1. The van der Waals surface area contributed by atoms with E-state index in [2.05, 4.69) is 5.32 Å². The lowest BCUT2D eigenvalue weighted by molar-refractivity contribution is 0.102. The van der Waals surface area contributed by atoms with E-state index in [4.69, 9.17) is 11.6 Å². The highest BCUT2D eigenvalue weighted by Gasteiger charge is 2.15. The van der Waals surface area contributed by atoms with E-state index >= 15 is 0 Å². The predicted octanol–water partition coefficient (Wildman–Crippen LogP) is 4.08. The van der Waals surface area contributed by atoms with Crippen molar-refractivity contribution in [2.75, 3.05) is 5.32 Å². The van der Waals surface area contributed by atoms with Gasteiger partial charge in [-0.1, -0.05) is 18.2 Å². The summed E-state index contributed by atoms with van der Waals surface area (Å²) in [4.78, 5) is 12.1. The molecule has 1 unspecified atom stereocenters. The van der Waals surface area contributed by atoms with Gasteiger partial charge in [0.1, 0.15) is 11.6 Å². The number of phenols is 1. The number of carbonyl (C=O) groups excluding carboxylic acids is 1. The predicted molar refractivity (Wildman–Crippen MR) is 76.7 cm³/mol. The van der Waals surface area contributed by atoms with Crippen molar-refractivity contribution in [1.82, 2.24) is 0 Å². The summed E-state index contributed by atoms with van der Waals surface area (Å²) < 4.78 is 12.9. The maximum atomic E-state index is 12.9. The molecule has 0 heterocycles. The Morgan fingerprint density at radius 2 is 2.00 bits per heavy atom. The van der Waals surface area contributed by atoms with Crippen LogP contribution in [0.15, 0.2) is 42.5 Å². The number of phenolic OH excluding ortho intramolecular Hbond substituents is 1. The maximum Gasteiger partial charge on any atom is 0.259 e. The second kappa shape index (κ2) is 5.92. The highest BCUT2D eigenvalue weighted by Crippen LogP contribution is 2.28. The van der Waals surface area contributed by atoms with Crippen LogP contribution < -0.4 is 5.32 Å². The molecule has 0 saturated heterocycles. The van der Waals surface area contributed by atoms with Crippen molar-refractivity contribution in [2.24, 2.45) is 0 Å². The molecule has 0 radical (unpaired) electrons. The molecule has 104 valence electrons. The summed E-state index contributed by atoms with van der Waals surface area (Å²) in [6.45, 7) is 1.79. The number of anilines is 1. The van der Waals surface area contributed by atoms with Gasteiger partial charge in [-0.25, -0.2) is 4.39 Å². The van der Waals surface area contributed by atoms with E-state index in [1.807, 2.05) is 6.07 Å². The van der Waals surface area contributed by atoms with Crippen LogP contribution in [0.3, 0.4) is 0 Å². The third-order valence-corrected chi connectivity index (χ3v) is 3.08. The number of hydrogen-bond donors (Lipinski definition) is 2.